The van der Waals surface area contributed by atoms with E-state index >= 15 is 0 Å². The topological polar surface area (TPSA) is 60.7 Å². The zero-order valence-electron chi connectivity index (χ0n) is 22.2. The molecule has 0 aromatic rings. The van der Waals surface area contributed by atoms with Crippen LogP contribution in [0.25, 0.3) is 0 Å². The minimum absolute atomic E-state index is 0.0675. The third-order valence-corrected chi connectivity index (χ3v) is 13.5. The van der Waals surface area contributed by atoms with Crippen molar-refractivity contribution in [2.45, 2.75) is 112 Å². The van der Waals surface area contributed by atoms with Crippen LogP contribution in [-0.4, -0.2) is 34.1 Å². The first kappa shape index (κ1) is 24.3. The zero-order valence-corrected chi connectivity index (χ0v) is 22.2. The lowest BCUT2D eigenvalue weighted by Gasteiger charge is -2.73. The molecular weight excluding hydrogens is 408 g/mol. The molecule has 5 aliphatic carbocycles. The van der Waals surface area contributed by atoms with E-state index in [2.05, 4.69) is 48.1 Å². The maximum atomic E-state index is 11.0. The number of rotatable bonds is 2. The SMILES string of the molecule is C=C(C)[C@@H]1CC[C@]2(CO)CC[C@]3(C)[C@H](CC[C@@H]4[C@@]5(C)C[C@@H](O)[C@@H](O)C(C)(C)[C@@H]5CC[C@]43C)[C@@H]12. The lowest BCUT2D eigenvalue weighted by atomic mass is 9.32. The molecule has 0 spiro atoms. The predicted molar refractivity (Wildman–Crippen MR) is 133 cm³/mol. The highest BCUT2D eigenvalue weighted by Gasteiger charge is 2.71. The number of aliphatic hydroxyl groups is 3. The molecule has 3 heteroatoms. The van der Waals surface area contributed by atoms with Crippen LogP contribution in [0.4, 0.5) is 0 Å². The maximum Gasteiger partial charge on any atom is 0.0852 e. The van der Waals surface area contributed by atoms with Gasteiger partial charge in [-0.2, -0.15) is 0 Å². The second-order valence-electron chi connectivity index (χ2n) is 14.7. The Labute approximate surface area is 202 Å². The molecule has 11 atom stereocenters. The maximum absolute atomic E-state index is 11.0. The summed E-state index contributed by atoms with van der Waals surface area (Å²) in [6.45, 7) is 19.1. The van der Waals surface area contributed by atoms with Crippen molar-refractivity contribution in [2.75, 3.05) is 6.61 Å². The van der Waals surface area contributed by atoms with E-state index in [9.17, 15) is 15.3 Å². The molecule has 5 fully saturated rings. The first-order valence-corrected chi connectivity index (χ1v) is 13.9. The summed E-state index contributed by atoms with van der Waals surface area (Å²) >= 11 is 0. The number of hydrogen-bond donors (Lipinski definition) is 3. The monoisotopic (exact) mass is 458 g/mol. The first-order valence-electron chi connectivity index (χ1n) is 13.9. The van der Waals surface area contributed by atoms with Gasteiger partial charge in [0.05, 0.1) is 12.2 Å². The summed E-state index contributed by atoms with van der Waals surface area (Å²) in [7, 11) is 0. The molecule has 188 valence electrons. The molecule has 0 amide bonds. The van der Waals surface area contributed by atoms with Gasteiger partial charge in [0.1, 0.15) is 0 Å². The molecule has 0 unspecified atom stereocenters. The minimum atomic E-state index is -0.624. The van der Waals surface area contributed by atoms with E-state index in [1.165, 1.54) is 37.7 Å². The van der Waals surface area contributed by atoms with Crippen LogP contribution >= 0.6 is 0 Å². The van der Waals surface area contributed by atoms with E-state index in [-0.39, 0.29) is 27.1 Å². The van der Waals surface area contributed by atoms with Gasteiger partial charge in [0.2, 0.25) is 0 Å². The molecular formula is C30H50O3. The van der Waals surface area contributed by atoms with Crippen LogP contribution in [0.5, 0.6) is 0 Å². The number of allylic oxidation sites excluding steroid dienone is 1. The number of aliphatic hydroxyl groups excluding tert-OH is 3. The quantitative estimate of drug-likeness (QED) is 0.447. The van der Waals surface area contributed by atoms with Gasteiger partial charge in [-0.1, -0.05) is 46.8 Å². The molecule has 0 bridgehead atoms. The molecule has 5 saturated carbocycles. The second-order valence-corrected chi connectivity index (χ2v) is 14.7. The van der Waals surface area contributed by atoms with Crippen LogP contribution in [0.2, 0.25) is 0 Å². The van der Waals surface area contributed by atoms with E-state index in [0.717, 1.165) is 25.7 Å². The van der Waals surface area contributed by atoms with Crippen molar-refractivity contribution in [1.82, 2.24) is 0 Å². The van der Waals surface area contributed by atoms with Crippen molar-refractivity contribution in [2.24, 2.45) is 56.7 Å². The van der Waals surface area contributed by atoms with E-state index in [1.54, 1.807) is 0 Å². The third-order valence-electron chi connectivity index (χ3n) is 13.5. The third kappa shape index (κ3) is 2.85. The average Bonchev–Trinajstić information content (AvgIpc) is 3.13. The van der Waals surface area contributed by atoms with Crippen LogP contribution in [0.1, 0.15) is 99.3 Å². The normalized spacial score (nSPS) is 57.4. The highest BCUT2D eigenvalue weighted by atomic mass is 16.3. The zero-order chi connectivity index (χ0) is 24.2. The van der Waals surface area contributed by atoms with E-state index in [4.69, 9.17) is 0 Å². The van der Waals surface area contributed by atoms with Gasteiger partial charge in [-0.15, -0.1) is 0 Å². The highest BCUT2D eigenvalue weighted by Crippen LogP contribution is 2.77. The summed E-state index contributed by atoms with van der Waals surface area (Å²) in [6.07, 6.45) is 9.09. The molecule has 33 heavy (non-hydrogen) atoms. The van der Waals surface area contributed by atoms with Gasteiger partial charge in [0, 0.05) is 6.61 Å². The average molecular weight is 459 g/mol. The van der Waals surface area contributed by atoms with Gasteiger partial charge in [-0.05, 0) is 121 Å². The van der Waals surface area contributed by atoms with Gasteiger partial charge in [-0.3, -0.25) is 0 Å². The molecule has 0 heterocycles. The Morgan fingerprint density at radius 1 is 0.848 bits per heavy atom. The second kappa shape index (κ2) is 7.32. The van der Waals surface area contributed by atoms with Crippen molar-refractivity contribution in [3.05, 3.63) is 12.2 Å². The Bertz CT molecular complexity index is 819. The Morgan fingerprint density at radius 3 is 2.18 bits per heavy atom. The summed E-state index contributed by atoms with van der Waals surface area (Å²) < 4.78 is 0. The van der Waals surface area contributed by atoms with Crippen molar-refractivity contribution < 1.29 is 15.3 Å². The Balaban J connectivity index is 1.56. The Hall–Kier alpha value is -0.380. The summed E-state index contributed by atoms with van der Waals surface area (Å²) in [5.74, 6) is 2.81. The molecule has 0 aromatic heterocycles. The standard InChI is InChI=1S/C30H50O3/c1-18(2)19-10-13-30(17-31)15-14-28(6)20(24(19)30)8-9-23-27(5)16-21(32)25(33)26(3,4)22(27)11-12-29(23,28)7/h19-25,31-33H,1,8-17H2,2-7H3/t19-,20+,21+,22-,23+,24+,25+,27-,28+,29+,30+/m0/s1. The molecule has 3 N–H and O–H groups in total. The fraction of sp³-hybridized carbons (Fsp3) is 0.933. The molecule has 5 rings (SSSR count). The van der Waals surface area contributed by atoms with Crippen molar-refractivity contribution in [3.63, 3.8) is 0 Å². The van der Waals surface area contributed by atoms with Gasteiger partial charge in [0.15, 0.2) is 0 Å². The fourth-order valence-corrected chi connectivity index (χ4v) is 11.7. The molecule has 3 nitrogen and oxygen atoms in total. The van der Waals surface area contributed by atoms with Gasteiger partial charge in [0.25, 0.3) is 0 Å². The molecule has 0 aromatic carbocycles. The van der Waals surface area contributed by atoms with Gasteiger partial charge < -0.3 is 15.3 Å². The Kier molecular flexibility index (Phi) is 5.40. The molecule has 0 aliphatic heterocycles. The molecule has 5 aliphatic rings. The minimum Gasteiger partial charge on any atom is -0.396 e. The van der Waals surface area contributed by atoms with Crippen LogP contribution in [0, 0.1) is 56.7 Å². The van der Waals surface area contributed by atoms with Crippen LogP contribution < -0.4 is 0 Å². The lowest BCUT2D eigenvalue weighted by Crippen LogP contribution is -2.68. The molecule has 0 saturated heterocycles. The predicted octanol–water partition coefficient (Wildman–Crippen LogP) is 5.97. The highest BCUT2D eigenvalue weighted by molar-refractivity contribution is 5.22. The first-order chi connectivity index (χ1) is 15.3. The van der Waals surface area contributed by atoms with Crippen molar-refractivity contribution >= 4 is 0 Å². The smallest absolute Gasteiger partial charge is 0.0852 e. The van der Waals surface area contributed by atoms with Crippen LogP contribution in [0.3, 0.4) is 0 Å². The Morgan fingerprint density at radius 2 is 1.55 bits per heavy atom. The van der Waals surface area contributed by atoms with Crippen molar-refractivity contribution in [1.29, 1.82) is 0 Å². The fourth-order valence-electron chi connectivity index (χ4n) is 11.7. The van der Waals surface area contributed by atoms with Gasteiger partial charge in [-0.25, -0.2) is 0 Å². The van der Waals surface area contributed by atoms with E-state index in [0.29, 0.717) is 36.2 Å². The van der Waals surface area contributed by atoms with E-state index in [1.807, 2.05) is 0 Å². The lowest BCUT2D eigenvalue weighted by molar-refractivity contribution is -0.264. The summed E-state index contributed by atoms with van der Waals surface area (Å²) in [4.78, 5) is 0. The number of hydrogen-bond acceptors (Lipinski definition) is 3. The summed E-state index contributed by atoms with van der Waals surface area (Å²) in [6, 6.07) is 0. The molecule has 0 radical (unpaired) electrons. The van der Waals surface area contributed by atoms with Crippen LogP contribution in [-0.2, 0) is 0 Å². The summed E-state index contributed by atoms with van der Waals surface area (Å²) in [5.41, 5.74) is 1.75. The van der Waals surface area contributed by atoms with Crippen molar-refractivity contribution in [3.8, 4) is 0 Å². The number of fused-ring (bicyclic) bond motifs is 7. The largest absolute Gasteiger partial charge is 0.396 e. The summed E-state index contributed by atoms with van der Waals surface area (Å²) in [5, 5.41) is 32.5. The van der Waals surface area contributed by atoms with Gasteiger partial charge >= 0.3 is 0 Å². The van der Waals surface area contributed by atoms with Crippen LogP contribution in [0.15, 0.2) is 12.2 Å². The van der Waals surface area contributed by atoms with E-state index < -0.39 is 12.2 Å².